The van der Waals surface area contributed by atoms with Gasteiger partial charge >= 0.3 is 6.03 Å². The van der Waals surface area contributed by atoms with Crippen LogP contribution >= 0.6 is 0 Å². The summed E-state index contributed by atoms with van der Waals surface area (Å²) >= 11 is 0. The van der Waals surface area contributed by atoms with Crippen molar-refractivity contribution in [2.24, 2.45) is 0 Å². The fourth-order valence-corrected chi connectivity index (χ4v) is 5.56. The lowest BCUT2D eigenvalue weighted by atomic mass is 9.99. The van der Waals surface area contributed by atoms with E-state index in [0.29, 0.717) is 50.8 Å². The predicted octanol–water partition coefficient (Wildman–Crippen LogP) is 5.74. The summed E-state index contributed by atoms with van der Waals surface area (Å²) in [5, 5.41) is 11.6. The molecule has 3 amide bonds. The third-order valence-corrected chi connectivity index (χ3v) is 8.22. The zero-order valence-electron chi connectivity index (χ0n) is 26.4. The second-order valence-electron chi connectivity index (χ2n) is 11.3. The van der Waals surface area contributed by atoms with E-state index in [0.717, 1.165) is 31.9 Å². The molecule has 2 aliphatic rings. The number of nitrogens with zero attached hydrogens (tertiary/aromatic N) is 2. The van der Waals surface area contributed by atoms with E-state index >= 15 is 0 Å². The number of rotatable bonds is 9. The van der Waals surface area contributed by atoms with Crippen molar-refractivity contribution in [2.45, 2.75) is 0 Å². The summed E-state index contributed by atoms with van der Waals surface area (Å²) in [6.45, 7) is 4.07. The second kappa shape index (κ2) is 13.7. The Balaban J connectivity index is 1.11. The van der Waals surface area contributed by atoms with E-state index in [4.69, 9.17) is 9.47 Å². The summed E-state index contributed by atoms with van der Waals surface area (Å²) in [6, 6.07) is 24.5. The average molecular weight is 633 g/mol. The summed E-state index contributed by atoms with van der Waals surface area (Å²) in [6.07, 6.45) is 1.69. The number of carbonyl (C=O) groups is 3. The molecule has 0 spiro atoms. The molecule has 11 nitrogen and oxygen atoms in total. The summed E-state index contributed by atoms with van der Waals surface area (Å²) < 4.78 is 10.5. The van der Waals surface area contributed by atoms with Gasteiger partial charge in [0.2, 0.25) is 0 Å². The molecule has 6 rings (SSSR count). The Kier molecular flexibility index (Phi) is 9.07. The Morgan fingerprint density at radius 2 is 1.57 bits per heavy atom. The van der Waals surface area contributed by atoms with Crippen LogP contribution in [0.4, 0.5) is 33.2 Å². The van der Waals surface area contributed by atoms with Crippen LogP contribution in [0.25, 0.3) is 5.57 Å². The van der Waals surface area contributed by atoms with Crippen LogP contribution in [-0.2, 0) is 4.79 Å². The molecule has 11 heteroatoms. The summed E-state index contributed by atoms with van der Waals surface area (Å²) in [4.78, 5) is 43.7. The van der Waals surface area contributed by atoms with Crippen LogP contribution in [0.15, 0.2) is 91.1 Å². The molecule has 2 aliphatic heterocycles. The summed E-state index contributed by atoms with van der Waals surface area (Å²) in [5.74, 6) is 0.531. The van der Waals surface area contributed by atoms with Gasteiger partial charge in [-0.2, -0.15) is 0 Å². The van der Waals surface area contributed by atoms with Gasteiger partial charge in [-0.25, -0.2) is 4.79 Å². The number of fused-ring (bicyclic) bond motifs is 1. The van der Waals surface area contributed by atoms with Crippen LogP contribution in [0.1, 0.15) is 21.5 Å². The molecule has 240 valence electrons. The molecule has 0 saturated carbocycles. The molecule has 1 saturated heterocycles. The normalized spacial score (nSPS) is 15.1. The number of hydrogen-bond donors (Lipinski definition) is 4. The Bertz CT molecular complexity index is 1850. The van der Waals surface area contributed by atoms with Crippen LogP contribution < -0.4 is 35.6 Å². The Morgan fingerprint density at radius 1 is 0.809 bits per heavy atom. The van der Waals surface area contributed by atoms with Gasteiger partial charge in [-0.05, 0) is 61.6 Å². The maximum atomic E-state index is 13.4. The van der Waals surface area contributed by atoms with E-state index in [9.17, 15) is 14.4 Å². The van der Waals surface area contributed by atoms with Crippen LogP contribution in [0, 0.1) is 0 Å². The largest absolute Gasteiger partial charge is 0.497 e. The van der Waals surface area contributed by atoms with E-state index in [-0.39, 0.29) is 11.7 Å². The van der Waals surface area contributed by atoms with Crippen LogP contribution in [0.3, 0.4) is 0 Å². The van der Waals surface area contributed by atoms with Gasteiger partial charge in [-0.3, -0.25) is 9.59 Å². The maximum absolute atomic E-state index is 13.4. The highest BCUT2D eigenvalue weighted by Gasteiger charge is 2.25. The molecule has 0 unspecified atom stereocenters. The number of ether oxygens (including phenoxy) is 2. The Morgan fingerprint density at radius 3 is 2.32 bits per heavy atom. The number of ketones is 1. The summed E-state index contributed by atoms with van der Waals surface area (Å²) in [5.41, 5.74) is 5.46. The first kappa shape index (κ1) is 31.2. The maximum Gasteiger partial charge on any atom is 0.323 e. The Labute approximate surface area is 273 Å². The minimum absolute atomic E-state index is 0.251. The number of anilines is 5. The van der Waals surface area contributed by atoms with Crippen molar-refractivity contribution >= 4 is 51.7 Å². The molecule has 0 aromatic heterocycles. The lowest BCUT2D eigenvalue weighted by Gasteiger charge is -2.34. The molecule has 47 heavy (non-hydrogen) atoms. The highest BCUT2D eigenvalue weighted by Crippen LogP contribution is 2.34. The number of amides is 3. The number of carbonyl (C=O) groups excluding carboxylic acids is 3. The van der Waals surface area contributed by atoms with Crippen LogP contribution in [0.5, 0.6) is 11.5 Å². The molecular weight excluding hydrogens is 596 g/mol. The van der Waals surface area contributed by atoms with Gasteiger partial charge in [0.25, 0.3) is 5.91 Å². The van der Waals surface area contributed by atoms with Crippen molar-refractivity contribution in [3.8, 4) is 11.5 Å². The van der Waals surface area contributed by atoms with Gasteiger partial charge < -0.3 is 40.5 Å². The van der Waals surface area contributed by atoms with E-state index in [1.807, 2.05) is 12.1 Å². The number of urea groups is 1. The molecule has 1 fully saturated rings. The Hall–Kier alpha value is -5.81. The van der Waals surface area contributed by atoms with Crippen molar-refractivity contribution in [3.05, 3.63) is 108 Å². The predicted molar refractivity (Wildman–Crippen MR) is 185 cm³/mol. The molecule has 0 aliphatic carbocycles. The molecule has 4 aromatic carbocycles. The number of nitrogens with one attached hydrogen (secondary N) is 4. The quantitative estimate of drug-likeness (QED) is 0.136. The van der Waals surface area contributed by atoms with Crippen molar-refractivity contribution < 1.29 is 23.9 Å². The molecule has 0 bridgehead atoms. The lowest BCUT2D eigenvalue weighted by Crippen LogP contribution is -2.44. The number of benzene rings is 4. The SMILES string of the molecule is COc1ccc(NC(=O)Nc2cccc(C(=O)c3ccc4c(c3)NC(=O)/C4=C/Nc3ccc(N4CCN(C)CC4)cc3)c2)c(OC)c1. The average Bonchev–Trinajstić information content (AvgIpc) is 3.41. The lowest BCUT2D eigenvalue weighted by molar-refractivity contribution is -0.110. The highest BCUT2D eigenvalue weighted by molar-refractivity contribution is 6.32. The smallest absolute Gasteiger partial charge is 0.323 e. The van der Waals surface area contributed by atoms with Gasteiger partial charge in [0, 0.05) is 77.9 Å². The molecule has 4 N–H and O–H groups in total. The molecule has 4 aromatic rings. The standard InChI is InChI=1S/C36H36N6O5/c1-41-15-17-42(18-16-41)27-10-8-25(9-11-27)37-22-30-29-13-7-24(20-32(29)39-35(30)44)34(43)23-5-4-6-26(19-23)38-36(45)40-31-14-12-28(46-2)21-33(31)47-3/h4-14,19-22,37H,15-18H2,1-3H3,(H,39,44)(H2,38,40,45)/b30-22+. The number of piperazine rings is 1. The van der Waals surface area contributed by atoms with Gasteiger partial charge in [-0.1, -0.05) is 24.3 Å². The van der Waals surface area contributed by atoms with E-state index < -0.39 is 6.03 Å². The van der Waals surface area contributed by atoms with E-state index in [1.54, 1.807) is 74.0 Å². The fraction of sp³-hybridized carbons (Fsp3) is 0.194. The molecule has 0 atom stereocenters. The van der Waals surface area contributed by atoms with E-state index in [2.05, 4.69) is 50.2 Å². The highest BCUT2D eigenvalue weighted by atomic mass is 16.5. The van der Waals surface area contributed by atoms with Crippen LogP contribution in [-0.4, -0.2) is 70.1 Å². The molecule has 0 radical (unpaired) electrons. The monoisotopic (exact) mass is 632 g/mol. The van der Waals surface area contributed by atoms with Crippen molar-refractivity contribution in [2.75, 3.05) is 73.6 Å². The van der Waals surface area contributed by atoms with Crippen molar-refractivity contribution in [1.29, 1.82) is 0 Å². The van der Waals surface area contributed by atoms with Crippen molar-refractivity contribution in [1.82, 2.24) is 4.90 Å². The number of methoxy groups -OCH3 is 2. The number of hydrogen-bond acceptors (Lipinski definition) is 8. The topological polar surface area (TPSA) is 124 Å². The first-order valence-corrected chi connectivity index (χ1v) is 15.2. The van der Waals surface area contributed by atoms with Crippen LogP contribution in [0.2, 0.25) is 0 Å². The second-order valence-corrected chi connectivity index (χ2v) is 11.3. The van der Waals surface area contributed by atoms with E-state index in [1.165, 1.54) is 12.8 Å². The van der Waals surface area contributed by atoms with Gasteiger partial charge in [-0.15, -0.1) is 0 Å². The molecule has 2 heterocycles. The van der Waals surface area contributed by atoms with Gasteiger partial charge in [0.05, 0.1) is 25.5 Å². The van der Waals surface area contributed by atoms with Gasteiger partial charge in [0.15, 0.2) is 5.78 Å². The third-order valence-electron chi connectivity index (χ3n) is 8.22. The minimum Gasteiger partial charge on any atom is -0.497 e. The zero-order valence-corrected chi connectivity index (χ0v) is 26.4. The first-order chi connectivity index (χ1) is 22.8. The zero-order chi connectivity index (χ0) is 32.9. The third kappa shape index (κ3) is 7.05. The van der Waals surface area contributed by atoms with Crippen molar-refractivity contribution in [3.63, 3.8) is 0 Å². The number of likely N-dealkylation sites (N-methyl/N-ethyl adjacent to an activating group) is 1. The van der Waals surface area contributed by atoms with Gasteiger partial charge in [0.1, 0.15) is 11.5 Å². The fourth-order valence-electron chi connectivity index (χ4n) is 5.56. The summed E-state index contributed by atoms with van der Waals surface area (Å²) in [7, 11) is 5.18. The molecular formula is C36H36N6O5. The minimum atomic E-state index is -0.503. The first-order valence-electron chi connectivity index (χ1n) is 15.2.